The third-order valence-electron chi connectivity index (χ3n) is 3.58. The highest BCUT2D eigenvalue weighted by Gasteiger charge is 2.31. The van der Waals surface area contributed by atoms with Crippen LogP contribution in [0.4, 0.5) is 4.79 Å². The van der Waals surface area contributed by atoms with E-state index >= 15 is 0 Å². The van der Waals surface area contributed by atoms with Crippen LogP contribution in [-0.4, -0.2) is 16.8 Å². The number of hydrogen-bond acceptors (Lipinski definition) is 2. The molecule has 0 aromatic heterocycles. The number of aliphatic imine (C=N–C) groups is 2. The average molecular weight is 272 g/mol. The molecule has 1 saturated carbocycles. The molecule has 19 heavy (non-hydrogen) atoms. The molecule has 1 aromatic carbocycles. The van der Waals surface area contributed by atoms with E-state index in [9.17, 15) is 4.79 Å². The van der Waals surface area contributed by atoms with Crippen molar-refractivity contribution < 1.29 is 4.79 Å². The van der Waals surface area contributed by atoms with Gasteiger partial charge < -0.3 is 0 Å². The monoisotopic (exact) mass is 272 g/mol. The Balaban J connectivity index is 1.69. The van der Waals surface area contributed by atoms with Crippen LogP contribution < -0.4 is 0 Å². The zero-order valence-corrected chi connectivity index (χ0v) is 11.7. The third kappa shape index (κ3) is 2.78. The van der Waals surface area contributed by atoms with Crippen molar-refractivity contribution in [2.45, 2.75) is 31.9 Å². The van der Waals surface area contributed by atoms with Crippen molar-refractivity contribution in [1.82, 2.24) is 0 Å². The molecular formula is C15H16N2OS. The molecule has 1 fully saturated rings. The number of carbonyl (C=O) groups is 1. The summed E-state index contributed by atoms with van der Waals surface area (Å²) in [4.78, 5) is 19.6. The normalized spacial score (nSPS) is 21.9. The maximum Gasteiger partial charge on any atom is 0.367 e. The fraction of sp³-hybridized carbons (Fsp3) is 0.400. The fourth-order valence-corrected chi connectivity index (χ4v) is 3.63. The molecule has 1 aliphatic carbocycles. The molecule has 2 aliphatic rings. The quantitative estimate of drug-likeness (QED) is 0.816. The van der Waals surface area contributed by atoms with E-state index in [0.29, 0.717) is 5.92 Å². The number of urea groups is 1. The standard InChI is InChI=1S/C15H16N2OS/c1-10-5-7-11(8-6-10)9-19-14-12-3-2-4-13(12)16-15(18)17-14/h5-8,12H,2-4,9H2,1H3. The second-order valence-electron chi connectivity index (χ2n) is 5.05. The number of rotatable bonds is 2. The zero-order chi connectivity index (χ0) is 13.2. The third-order valence-corrected chi connectivity index (χ3v) is 4.73. The minimum atomic E-state index is -0.320. The van der Waals surface area contributed by atoms with Gasteiger partial charge in [-0.05, 0) is 31.7 Å². The largest absolute Gasteiger partial charge is 0.367 e. The van der Waals surface area contributed by atoms with Gasteiger partial charge in [-0.15, -0.1) is 11.8 Å². The summed E-state index contributed by atoms with van der Waals surface area (Å²) in [5.74, 6) is 1.18. The number of thioether (sulfide) groups is 1. The fourth-order valence-electron chi connectivity index (χ4n) is 2.52. The molecule has 3 rings (SSSR count). The maximum atomic E-state index is 11.5. The van der Waals surface area contributed by atoms with E-state index < -0.39 is 0 Å². The second-order valence-corrected chi connectivity index (χ2v) is 6.05. The van der Waals surface area contributed by atoms with Crippen LogP contribution in [0, 0.1) is 12.8 Å². The van der Waals surface area contributed by atoms with Crippen molar-refractivity contribution in [3.05, 3.63) is 35.4 Å². The lowest BCUT2D eigenvalue weighted by molar-refractivity contribution is 0.256. The minimum Gasteiger partial charge on any atom is -0.244 e. The van der Waals surface area contributed by atoms with E-state index in [2.05, 4.69) is 41.2 Å². The first kappa shape index (κ1) is 12.6. The van der Waals surface area contributed by atoms with E-state index in [4.69, 9.17) is 0 Å². The molecule has 2 amide bonds. The number of aryl methyl sites for hydroxylation is 1. The first-order chi connectivity index (χ1) is 9.22. The van der Waals surface area contributed by atoms with Crippen LogP contribution >= 0.6 is 11.8 Å². The average Bonchev–Trinajstić information content (AvgIpc) is 2.85. The Morgan fingerprint density at radius 3 is 2.84 bits per heavy atom. The zero-order valence-electron chi connectivity index (χ0n) is 10.9. The molecule has 0 spiro atoms. The molecular weight excluding hydrogens is 256 g/mol. The Hall–Kier alpha value is -1.42. The highest BCUT2D eigenvalue weighted by molar-refractivity contribution is 8.13. The molecule has 0 radical (unpaired) electrons. The molecule has 1 atom stereocenters. The lowest BCUT2D eigenvalue weighted by Gasteiger charge is -2.16. The van der Waals surface area contributed by atoms with Gasteiger partial charge in [-0.2, -0.15) is 4.99 Å². The van der Waals surface area contributed by atoms with Crippen LogP contribution in [0.3, 0.4) is 0 Å². The van der Waals surface area contributed by atoms with E-state index in [-0.39, 0.29) is 6.03 Å². The van der Waals surface area contributed by atoms with Crippen molar-refractivity contribution in [3.8, 4) is 0 Å². The maximum absolute atomic E-state index is 11.5. The molecule has 98 valence electrons. The number of fused-ring (bicyclic) bond motifs is 1. The number of hydrogen-bond donors (Lipinski definition) is 0. The van der Waals surface area contributed by atoms with E-state index in [1.54, 1.807) is 11.8 Å². The molecule has 1 unspecified atom stereocenters. The highest BCUT2D eigenvalue weighted by Crippen LogP contribution is 2.32. The molecule has 1 aliphatic heterocycles. The lowest BCUT2D eigenvalue weighted by Crippen LogP contribution is -2.22. The predicted molar refractivity (Wildman–Crippen MR) is 80.1 cm³/mol. The van der Waals surface area contributed by atoms with Gasteiger partial charge in [-0.25, -0.2) is 9.79 Å². The van der Waals surface area contributed by atoms with E-state index in [1.165, 1.54) is 11.1 Å². The molecule has 1 heterocycles. The van der Waals surface area contributed by atoms with Gasteiger partial charge >= 0.3 is 6.03 Å². The first-order valence-corrected chi connectivity index (χ1v) is 7.59. The summed E-state index contributed by atoms with van der Waals surface area (Å²) in [7, 11) is 0. The van der Waals surface area contributed by atoms with Gasteiger partial charge in [-0.1, -0.05) is 29.8 Å². The number of nitrogens with zero attached hydrogens (tertiary/aromatic N) is 2. The van der Waals surface area contributed by atoms with Gasteiger partial charge in [0.2, 0.25) is 0 Å². The minimum absolute atomic E-state index is 0.313. The molecule has 0 N–H and O–H groups in total. The van der Waals surface area contributed by atoms with Gasteiger partial charge in [0.1, 0.15) is 0 Å². The summed E-state index contributed by atoms with van der Waals surface area (Å²) in [5.41, 5.74) is 3.59. The van der Waals surface area contributed by atoms with Gasteiger partial charge in [-0.3, -0.25) is 0 Å². The van der Waals surface area contributed by atoms with E-state index in [1.807, 2.05) is 0 Å². The van der Waals surface area contributed by atoms with Crippen LogP contribution in [0.1, 0.15) is 30.4 Å². The van der Waals surface area contributed by atoms with Crippen molar-refractivity contribution in [1.29, 1.82) is 0 Å². The summed E-state index contributed by atoms with van der Waals surface area (Å²) >= 11 is 1.68. The Labute approximate surface area is 117 Å². The predicted octanol–water partition coefficient (Wildman–Crippen LogP) is 4.00. The van der Waals surface area contributed by atoms with Gasteiger partial charge in [0.15, 0.2) is 0 Å². The smallest absolute Gasteiger partial charge is 0.244 e. The van der Waals surface area contributed by atoms with Crippen molar-refractivity contribution in [2.24, 2.45) is 15.9 Å². The summed E-state index contributed by atoms with van der Waals surface area (Å²) in [5, 5.41) is 0.966. The Kier molecular flexibility index (Phi) is 3.51. The lowest BCUT2D eigenvalue weighted by atomic mass is 10.1. The van der Waals surface area contributed by atoms with Crippen LogP contribution in [-0.2, 0) is 5.75 Å². The van der Waals surface area contributed by atoms with Crippen molar-refractivity contribution >= 4 is 28.5 Å². The van der Waals surface area contributed by atoms with Gasteiger partial charge in [0, 0.05) is 17.4 Å². The topological polar surface area (TPSA) is 41.8 Å². The highest BCUT2D eigenvalue weighted by atomic mass is 32.2. The van der Waals surface area contributed by atoms with Gasteiger partial charge in [0.25, 0.3) is 0 Å². The van der Waals surface area contributed by atoms with Crippen molar-refractivity contribution in [2.75, 3.05) is 0 Å². The van der Waals surface area contributed by atoms with Gasteiger partial charge in [0.05, 0.1) is 5.04 Å². The van der Waals surface area contributed by atoms with Crippen LogP contribution in [0.15, 0.2) is 34.3 Å². The Morgan fingerprint density at radius 2 is 2.05 bits per heavy atom. The van der Waals surface area contributed by atoms with Crippen LogP contribution in [0.25, 0.3) is 0 Å². The summed E-state index contributed by atoms with van der Waals surface area (Å²) in [6.45, 7) is 2.09. The number of benzene rings is 1. The molecule has 0 bridgehead atoms. The van der Waals surface area contributed by atoms with Crippen LogP contribution in [0.2, 0.25) is 0 Å². The summed E-state index contributed by atoms with van der Waals surface area (Å²) < 4.78 is 0. The SMILES string of the molecule is Cc1ccc(CSC2=NC(=O)N=C3CCCC32)cc1. The van der Waals surface area contributed by atoms with Crippen LogP contribution in [0.5, 0.6) is 0 Å². The second kappa shape index (κ2) is 5.29. The van der Waals surface area contributed by atoms with Crippen molar-refractivity contribution in [3.63, 3.8) is 0 Å². The summed E-state index contributed by atoms with van der Waals surface area (Å²) in [6.07, 6.45) is 3.17. The molecule has 1 aromatic rings. The number of amides is 2. The summed E-state index contributed by atoms with van der Waals surface area (Å²) in [6, 6.07) is 8.19. The van der Waals surface area contributed by atoms with E-state index in [0.717, 1.165) is 35.8 Å². The Morgan fingerprint density at radius 1 is 1.26 bits per heavy atom. The first-order valence-electron chi connectivity index (χ1n) is 6.61. The molecule has 4 heteroatoms. The Bertz CT molecular complexity index is 560. The number of carbonyl (C=O) groups excluding carboxylic acids is 1. The molecule has 0 saturated heterocycles. The molecule has 3 nitrogen and oxygen atoms in total.